The third kappa shape index (κ3) is 4.34. The zero-order valence-electron chi connectivity index (χ0n) is 11.0. The van der Waals surface area contributed by atoms with E-state index in [0.717, 1.165) is 0 Å². The van der Waals surface area contributed by atoms with Crippen molar-refractivity contribution in [2.24, 2.45) is 0 Å². The third-order valence-corrected chi connectivity index (χ3v) is 3.35. The van der Waals surface area contributed by atoms with E-state index < -0.39 is 0 Å². The highest BCUT2D eigenvalue weighted by molar-refractivity contribution is 5.19. The van der Waals surface area contributed by atoms with Gasteiger partial charge in [-0.1, -0.05) is 58.9 Å². The molecular weight excluding hydrogens is 194 g/mol. The molecule has 0 amide bonds. The first-order chi connectivity index (χ1) is 7.67. The summed E-state index contributed by atoms with van der Waals surface area (Å²) in [7, 11) is 0. The van der Waals surface area contributed by atoms with Gasteiger partial charge in [0.05, 0.1) is 0 Å². The van der Waals surface area contributed by atoms with Gasteiger partial charge in [-0.15, -0.1) is 0 Å². The Morgan fingerprint density at radius 2 is 1.88 bits per heavy atom. The summed E-state index contributed by atoms with van der Waals surface area (Å²) in [6.07, 6.45) is 11.9. The van der Waals surface area contributed by atoms with Gasteiger partial charge in [-0.05, 0) is 23.5 Å². The fraction of sp³-hybridized carbons (Fsp3) is 0.667. The largest absolute Gasteiger partial charge is 0.264 e. The van der Waals surface area contributed by atoms with Crippen molar-refractivity contribution in [3.05, 3.63) is 30.1 Å². The molecule has 1 heterocycles. The van der Waals surface area contributed by atoms with Crippen LogP contribution in [0.3, 0.4) is 0 Å². The van der Waals surface area contributed by atoms with Crippen molar-refractivity contribution in [1.29, 1.82) is 0 Å². The second-order valence-corrected chi connectivity index (χ2v) is 5.29. The number of hydrogen-bond donors (Lipinski definition) is 0. The summed E-state index contributed by atoms with van der Waals surface area (Å²) < 4.78 is 0. The maximum atomic E-state index is 4.21. The van der Waals surface area contributed by atoms with Crippen LogP contribution in [0.5, 0.6) is 0 Å². The molecule has 0 fully saturated rings. The van der Waals surface area contributed by atoms with Gasteiger partial charge in [0.1, 0.15) is 0 Å². The van der Waals surface area contributed by atoms with Gasteiger partial charge in [-0.2, -0.15) is 0 Å². The molecule has 0 saturated carbocycles. The molecule has 1 nitrogen and oxygen atoms in total. The lowest BCUT2D eigenvalue weighted by Crippen LogP contribution is -2.17. The van der Waals surface area contributed by atoms with Crippen molar-refractivity contribution in [2.45, 2.75) is 64.7 Å². The van der Waals surface area contributed by atoms with Gasteiger partial charge in [0.25, 0.3) is 0 Å². The topological polar surface area (TPSA) is 12.9 Å². The van der Waals surface area contributed by atoms with Gasteiger partial charge in [-0.3, -0.25) is 4.98 Å². The van der Waals surface area contributed by atoms with Crippen LogP contribution >= 0.6 is 0 Å². The molecule has 0 saturated heterocycles. The van der Waals surface area contributed by atoms with Crippen LogP contribution in [0.4, 0.5) is 0 Å². The Morgan fingerprint density at radius 1 is 1.12 bits per heavy atom. The summed E-state index contributed by atoms with van der Waals surface area (Å²) in [5.74, 6) is 0. The molecule has 0 atom stereocenters. The Hall–Kier alpha value is -0.850. The molecule has 1 rings (SSSR count). The van der Waals surface area contributed by atoms with Crippen LogP contribution in [0.15, 0.2) is 24.5 Å². The first-order valence-electron chi connectivity index (χ1n) is 6.57. The van der Waals surface area contributed by atoms with Crippen LogP contribution in [0, 0.1) is 0 Å². The van der Waals surface area contributed by atoms with Crippen LogP contribution in [-0.2, 0) is 5.41 Å². The number of nitrogens with zero attached hydrogens (tertiary/aromatic N) is 1. The first kappa shape index (κ1) is 13.2. The summed E-state index contributed by atoms with van der Waals surface area (Å²) in [5, 5.41) is 0. The highest BCUT2D eigenvalue weighted by Gasteiger charge is 2.19. The average Bonchev–Trinajstić information content (AvgIpc) is 2.30. The highest BCUT2D eigenvalue weighted by atomic mass is 14.6. The summed E-state index contributed by atoms with van der Waals surface area (Å²) in [6.45, 7) is 6.91. The van der Waals surface area contributed by atoms with E-state index in [2.05, 4.69) is 31.8 Å². The smallest absolute Gasteiger partial charge is 0.0305 e. The lowest BCUT2D eigenvalue weighted by atomic mass is 9.81. The van der Waals surface area contributed by atoms with E-state index in [0.29, 0.717) is 0 Å². The molecule has 1 heteroatoms. The fourth-order valence-electron chi connectivity index (χ4n) is 2.08. The Morgan fingerprint density at radius 3 is 2.50 bits per heavy atom. The van der Waals surface area contributed by atoms with E-state index >= 15 is 0 Å². The van der Waals surface area contributed by atoms with E-state index in [4.69, 9.17) is 0 Å². The number of hydrogen-bond acceptors (Lipinski definition) is 1. The summed E-state index contributed by atoms with van der Waals surface area (Å²) in [4.78, 5) is 4.21. The van der Waals surface area contributed by atoms with Crippen molar-refractivity contribution < 1.29 is 0 Å². The summed E-state index contributed by atoms with van der Waals surface area (Å²) in [6, 6.07) is 4.23. The van der Waals surface area contributed by atoms with Crippen LogP contribution < -0.4 is 0 Å². The minimum absolute atomic E-state index is 0.278. The molecule has 1 aromatic rings. The van der Waals surface area contributed by atoms with Gasteiger partial charge in [0.15, 0.2) is 0 Å². The molecule has 0 unspecified atom stereocenters. The predicted octanol–water partition coefficient (Wildman–Crippen LogP) is 4.72. The van der Waals surface area contributed by atoms with Crippen LogP contribution in [0.1, 0.15) is 64.9 Å². The Kier molecular flexibility index (Phi) is 5.51. The summed E-state index contributed by atoms with van der Waals surface area (Å²) >= 11 is 0. The van der Waals surface area contributed by atoms with Crippen molar-refractivity contribution >= 4 is 0 Å². The lowest BCUT2D eigenvalue weighted by molar-refractivity contribution is 0.443. The Labute approximate surface area is 100 Å². The zero-order valence-corrected chi connectivity index (χ0v) is 11.0. The normalized spacial score (nSPS) is 11.7. The Balaban J connectivity index is 2.35. The van der Waals surface area contributed by atoms with Crippen molar-refractivity contribution in [3.63, 3.8) is 0 Å². The minimum atomic E-state index is 0.278. The molecule has 90 valence electrons. The van der Waals surface area contributed by atoms with Crippen LogP contribution in [-0.4, -0.2) is 4.98 Å². The van der Waals surface area contributed by atoms with Gasteiger partial charge < -0.3 is 0 Å². The minimum Gasteiger partial charge on any atom is -0.264 e. The molecule has 0 aliphatic heterocycles. The maximum Gasteiger partial charge on any atom is 0.0305 e. The molecule has 0 aromatic carbocycles. The van der Waals surface area contributed by atoms with Crippen molar-refractivity contribution in [1.82, 2.24) is 4.98 Å². The van der Waals surface area contributed by atoms with Crippen molar-refractivity contribution in [3.8, 4) is 0 Å². The van der Waals surface area contributed by atoms with Gasteiger partial charge in [-0.25, -0.2) is 0 Å². The molecule has 1 aromatic heterocycles. The van der Waals surface area contributed by atoms with Gasteiger partial charge in [0.2, 0.25) is 0 Å². The van der Waals surface area contributed by atoms with E-state index in [1.807, 2.05) is 18.5 Å². The molecule has 0 N–H and O–H groups in total. The zero-order chi connectivity index (χ0) is 11.9. The number of rotatable bonds is 7. The molecule has 0 bridgehead atoms. The lowest BCUT2D eigenvalue weighted by Gasteiger charge is -2.24. The average molecular weight is 219 g/mol. The first-order valence-corrected chi connectivity index (χ1v) is 6.57. The second-order valence-electron chi connectivity index (χ2n) is 5.29. The quantitative estimate of drug-likeness (QED) is 0.605. The van der Waals surface area contributed by atoms with E-state index in [-0.39, 0.29) is 5.41 Å². The molecule has 0 aliphatic rings. The molecular formula is C15H25N. The maximum absolute atomic E-state index is 4.21. The van der Waals surface area contributed by atoms with Gasteiger partial charge in [0, 0.05) is 12.4 Å². The van der Waals surface area contributed by atoms with Crippen LogP contribution in [0.25, 0.3) is 0 Å². The van der Waals surface area contributed by atoms with Crippen molar-refractivity contribution in [2.75, 3.05) is 0 Å². The van der Waals surface area contributed by atoms with Gasteiger partial charge >= 0.3 is 0 Å². The van der Waals surface area contributed by atoms with E-state index in [1.54, 1.807) is 0 Å². The third-order valence-electron chi connectivity index (χ3n) is 3.35. The number of unbranched alkanes of at least 4 members (excludes halogenated alkanes) is 4. The number of aromatic nitrogens is 1. The standard InChI is InChI=1S/C15H25N/c1-4-5-6-7-8-11-15(2,3)14-10-9-12-16-13-14/h9-10,12-13H,4-8,11H2,1-3H3. The molecule has 0 aliphatic carbocycles. The molecule has 0 spiro atoms. The molecule has 16 heavy (non-hydrogen) atoms. The van der Waals surface area contributed by atoms with E-state index in [1.165, 1.54) is 44.1 Å². The SMILES string of the molecule is CCCCCCCC(C)(C)c1cccnc1. The summed E-state index contributed by atoms with van der Waals surface area (Å²) in [5.41, 5.74) is 1.64. The Bertz CT molecular complexity index is 277. The van der Waals surface area contributed by atoms with E-state index in [9.17, 15) is 0 Å². The second kappa shape index (κ2) is 6.67. The number of pyridine rings is 1. The molecule has 0 radical (unpaired) electrons. The van der Waals surface area contributed by atoms with Crippen LogP contribution in [0.2, 0.25) is 0 Å². The highest BCUT2D eigenvalue weighted by Crippen LogP contribution is 2.28. The predicted molar refractivity (Wildman–Crippen MR) is 70.6 cm³/mol. The fourth-order valence-corrected chi connectivity index (χ4v) is 2.08. The monoisotopic (exact) mass is 219 g/mol.